The molecule has 1 aliphatic rings. The predicted molar refractivity (Wildman–Crippen MR) is 112 cm³/mol. The van der Waals surface area contributed by atoms with Gasteiger partial charge in [0.05, 0.1) is 6.10 Å². The number of hydrogen-bond acceptors (Lipinski definition) is 3. The second-order valence-electron chi connectivity index (χ2n) is 8.57. The first kappa shape index (κ1) is 20.4. The molecule has 28 heavy (non-hydrogen) atoms. The minimum atomic E-state index is -0.614. The third-order valence-electron chi connectivity index (χ3n) is 5.13. The molecule has 0 radical (unpaired) electrons. The van der Waals surface area contributed by atoms with Gasteiger partial charge in [-0.2, -0.15) is 0 Å². The third kappa shape index (κ3) is 5.35. The molecular formula is C24H31NO3. The van der Waals surface area contributed by atoms with Gasteiger partial charge in [-0.3, -0.25) is 0 Å². The van der Waals surface area contributed by atoms with Crippen molar-refractivity contribution >= 4 is 6.09 Å². The molecule has 4 nitrogen and oxygen atoms in total. The lowest BCUT2D eigenvalue weighted by Crippen LogP contribution is -2.46. The van der Waals surface area contributed by atoms with Crippen LogP contribution in [0.4, 0.5) is 4.79 Å². The maximum absolute atomic E-state index is 12.6. The maximum atomic E-state index is 12.6. The Bertz CT molecular complexity index is 782. The number of carbonyl (C=O) groups excluding carboxylic acids is 1. The van der Waals surface area contributed by atoms with Crippen LogP contribution in [-0.2, 0) is 4.74 Å². The highest BCUT2D eigenvalue weighted by atomic mass is 16.6. The Labute approximate surface area is 168 Å². The number of hydrogen-bond donors (Lipinski definition) is 1. The molecule has 1 heterocycles. The van der Waals surface area contributed by atoms with Crippen LogP contribution >= 0.6 is 0 Å². The molecule has 3 rings (SSSR count). The normalized spacial score (nSPS) is 18.6. The summed E-state index contributed by atoms with van der Waals surface area (Å²) < 4.78 is 5.58. The van der Waals surface area contributed by atoms with Gasteiger partial charge in [0.2, 0.25) is 0 Å². The lowest BCUT2D eigenvalue weighted by molar-refractivity contribution is 0.00237. The Morgan fingerprint density at radius 2 is 1.82 bits per heavy atom. The second kappa shape index (κ2) is 8.78. The first-order valence-corrected chi connectivity index (χ1v) is 10.2. The molecule has 2 unspecified atom stereocenters. The third-order valence-corrected chi connectivity index (χ3v) is 5.13. The van der Waals surface area contributed by atoms with Crippen molar-refractivity contribution in [1.29, 1.82) is 0 Å². The summed E-state index contributed by atoms with van der Waals surface area (Å²) in [6.07, 6.45) is 2.58. The van der Waals surface area contributed by atoms with Crippen molar-refractivity contribution in [2.75, 3.05) is 6.54 Å². The van der Waals surface area contributed by atoms with Gasteiger partial charge in [0, 0.05) is 12.6 Å². The highest BCUT2D eigenvalue weighted by Gasteiger charge is 2.32. The number of likely N-dealkylation sites (tertiary alicyclic amines) is 1. The van der Waals surface area contributed by atoms with E-state index in [0.29, 0.717) is 13.0 Å². The van der Waals surface area contributed by atoms with Crippen LogP contribution < -0.4 is 0 Å². The molecule has 150 valence electrons. The molecule has 1 saturated heterocycles. The Kier molecular flexibility index (Phi) is 6.40. The van der Waals surface area contributed by atoms with Gasteiger partial charge in [-0.05, 0) is 69.2 Å². The first-order chi connectivity index (χ1) is 13.3. The summed E-state index contributed by atoms with van der Waals surface area (Å²) in [5.41, 5.74) is 2.59. The number of ether oxygens (including phenoxy) is 1. The summed E-state index contributed by atoms with van der Waals surface area (Å²) in [5, 5.41) is 10.9. The van der Waals surface area contributed by atoms with E-state index in [-0.39, 0.29) is 12.1 Å². The van der Waals surface area contributed by atoms with Gasteiger partial charge in [-0.15, -0.1) is 0 Å². The van der Waals surface area contributed by atoms with E-state index in [0.717, 1.165) is 36.0 Å². The molecule has 0 spiro atoms. The average Bonchev–Trinajstić information content (AvgIpc) is 2.68. The minimum Gasteiger partial charge on any atom is -0.444 e. The average molecular weight is 382 g/mol. The Morgan fingerprint density at radius 3 is 2.54 bits per heavy atom. The standard InChI is InChI=1S/C24H31NO3/c1-24(2,3)28-23(27)25-15-8-7-14-21(25)17-22(26)20-13-9-12-19(16-20)18-10-5-4-6-11-18/h4-6,9-13,16,21-22,26H,7-8,14-15,17H2,1-3H3. The second-order valence-corrected chi connectivity index (χ2v) is 8.57. The topological polar surface area (TPSA) is 49.8 Å². The first-order valence-electron chi connectivity index (χ1n) is 10.2. The summed E-state index contributed by atoms with van der Waals surface area (Å²) in [6.45, 7) is 6.34. The van der Waals surface area contributed by atoms with Gasteiger partial charge < -0.3 is 14.7 Å². The van der Waals surface area contributed by atoms with Gasteiger partial charge in [-0.25, -0.2) is 4.79 Å². The van der Waals surface area contributed by atoms with Crippen molar-refractivity contribution < 1.29 is 14.6 Å². The van der Waals surface area contributed by atoms with Crippen LogP contribution in [0.15, 0.2) is 54.6 Å². The lowest BCUT2D eigenvalue weighted by atomic mass is 9.93. The van der Waals surface area contributed by atoms with Crippen LogP contribution in [0, 0.1) is 0 Å². The summed E-state index contributed by atoms with van der Waals surface area (Å²) >= 11 is 0. The van der Waals surface area contributed by atoms with Crippen molar-refractivity contribution in [3.8, 4) is 11.1 Å². The van der Waals surface area contributed by atoms with Crippen molar-refractivity contribution in [2.45, 2.75) is 64.2 Å². The number of aliphatic hydroxyl groups excluding tert-OH is 1. The van der Waals surface area contributed by atoms with Crippen LogP contribution in [0.2, 0.25) is 0 Å². The number of amides is 1. The zero-order chi connectivity index (χ0) is 20.1. The molecule has 2 aromatic carbocycles. The number of nitrogens with zero attached hydrogens (tertiary/aromatic N) is 1. The number of benzene rings is 2. The molecule has 2 aromatic rings. The van der Waals surface area contributed by atoms with Crippen LogP contribution in [0.1, 0.15) is 58.1 Å². The zero-order valence-electron chi connectivity index (χ0n) is 17.1. The van der Waals surface area contributed by atoms with Crippen LogP contribution in [0.25, 0.3) is 11.1 Å². The molecular weight excluding hydrogens is 350 g/mol. The van der Waals surface area contributed by atoms with Gasteiger partial charge in [-0.1, -0.05) is 48.5 Å². The van der Waals surface area contributed by atoms with E-state index in [4.69, 9.17) is 4.74 Å². The minimum absolute atomic E-state index is 0.000943. The molecule has 1 N–H and O–H groups in total. The Hall–Kier alpha value is -2.33. The molecule has 1 aliphatic heterocycles. The van der Waals surface area contributed by atoms with E-state index in [1.165, 1.54) is 0 Å². The van der Waals surface area contributed by atoms with E-state index >= 15 is 0 Å². The Balaban J connectivity index is 1.72. The summed E-state index contributed by atoms with van der Waals surface area (Å²) in [5.74, 6) is 0. The molecule has 0 saturated carbocycles. The van der Waals surface area contributed by atoms with Crippen molar-refractivity contribution in [2.24, 2.45) is 0 Å². The summed E-state index contributed by atoms with van der Waals surface area (Å²) in [7, 11) is 0. The van der Waals surface area contributed by atoms with E-state index in [9.17, 15) is 9.90 Å². The summed E-state index contributed by atoms with van der Waals surface area (Å²) in [4.78, 5) is 14.4. The van der Waals surface area contributed by atoms with Gasteiger partial charge in [0.25, 0.3) is 0 Å². The largest absolute Gasteiger partial charge is 0.444 e. The fourth-order valence-corrected chi connectivity index (χ4v) is 3.76. The van der Waals surface area contributed by atoms with Crippen molar-refractivity contribution in [1.82, 2.24) is 4.90 Å². The number of piperidine rings is 1. The molecule has 0 aromatic heterocycles. The van der Waals surface area contributed by atoms with Crippen LogP contribution in [0.5, 0.6) is 0 Å². The maximum Gasteiger partial charge on any atom is 0.410 e. The monoisotopic (exact) mass is 381 g/mol. The molecule has 1 fully saturated rings. The molecule has 0 aliphatic carbocycles. The SMILES string of the molecule is CC(C)(C)OC(=O)N1CCCCC1CC(O)c1cccc(-c2ccccc2)c1. The van der Waals surface area contributed by atoms with Crippen molar-refractivity contribution in [3.05, 3.63) is 60.2 Å². The highest BCUT2D eigenvalue weighted by Crippen LogP contribution is 2.30. The van der Waals surface area contributed by atoms with Crippen LogP contribution in [-0.4, -0.2) is 34.3 Å². The van der Waals surface area contributed by atoms with E-state index in [1.54, 1.807) is 4.90 Å². The predicted octanol–water partition coefficient (Wildman–Crippen LogP) is 5.57. The summed E-state index contributed by atoms with van der Waals surface area (Å²) in [6, 6.07) is 18.2. The fraction of sp³-hybridized carbons (Fsp3) is 0.458. The highest BCUT2D eigenvalue weighted by molar-refractivity contribution is 5.68. The number of aliphatic hydroxyl groups is 1. The van der Waals surface area contributed by atoms with Gasteiger partial charge >= 0.3 is 6.09 Å². The molecule has 2 atom stereocenters. The molecule has 4 heteroatoms. The zero-order valence-corrected chi connectivity index (χ0v) is 17.1. The van der Waals surface area contributed by atoms with E-state index in [2.05, 4.69) is 18.2 Å². The quantitative estimate of drug-likeness (QED) is 0.753. The van der Waals surface area contributed by atoms with Crippen LogP contribution in [0.3, 0.4) is 0 Å². The Morgan fingerprint density at radius 1 is 1.11 bits per heavy atom. The molecule has 1 amide bonds. The number of carbonyl (C=O) groups is 1. The molecule has 0 bridgehead atoms. The lowest BCUT2D eigenvalue weighted by Gasteiger charge is -2.37. The number of rotatable bonds is 4. The fourth-order valence-electron chi connectivity index (χ4n) is 3.76. The van der Waals surface area contributed by atoms with E-state index in [1.807, 2.05) is 57.2 Å². The van der Waals surface area contributed by atoms with Crippen molar-refractivity contribution in [3.63, 3.8) is 0 Å². The smallest absolute Gasteiger partial charge is 0.410 e. The van der Waals surface area contributed by atoms with E-state index < -0.39 is 11.7 Å². The van der Waals surface area contributed by atoms with Gasteiger partial charge in [0.15, 0.2) is 0 Å². The van der Waals surface area contributed by atoms with Gasteiger partial charge in [0.1, 0.15) is 5.60 Å².